The van der Waals surface area contributed by atoms with Crippen molar-refractivity contribution >= 4 is 22.4 Å². The molecule has 3 N–H and O–H groups in total. The van der Waals surface area contributed by atoms with Crippen molar-refractivity contribution in [3.8, 4) is 0 Å². The number of rotatable bonds is 3. The van der Waals surface area contributed by atoms with Gasteiger partial charge in [-0.1, -0.05) is 0 Å². The van der Waals surface area contributed by atoms with Gasteiger partial charge in [0.25, 0.3) is 0 Å². The number of carbonyl (C=O) groups excluding carboxylic acids is 1. The van der Waals surface area contributed by atoms with Crippen LogP contribution in [0.15, 0.2) is 5.38 Å². The maximum atomic E-state index is 12.0. The predicted molar refractivity (Wildman–Crippen MR) is 68.0 cm³/mol. The van der Waals surface area contributed by atoms with E-state index in [4.69, 9.17) is 5.73 Å². The van der Waals surface area contributed by atoms with E-state index < -0.39 is 0 Å². The second kappa shape index (κ2) is 4.38. The van der Waals surface area contributed by atoms with E-state index in [9.17, 15) is 4.79 Å². The molecule has 0 spiro atoms. The molecule has 2 unspecified atom stereocenters. The molecule has 0 bridgehead atoms. The van der Waals surface area contributed by atoms with Gasteiger partial charge in [0.2, 0.25) is 5.91 Å². The Balaban J connectivity index is 1.59. The van der Waals surface area contributed by atoms with Gasteiger partial charge in [0.15, 0.2) is 5.13 Å². The summed E-state index contributed by atoms with van der Waals surface area (Å²) < 4.78 is 0. The van der Waals surface area contributed by atoms with Gasteiger partial charge in [0.05, 0.1) is 5.69 Å². The SMILES string of the molecule is NC1CCC(C(=O)Nc2nc(C3CC3)cs2)C1. The Labute approximate surface area is 105 Å². The molecule has 1 amide bonds. The molecule has 1 aromatic heterocycles. The number of anilines is 1. The average Bonchev–Trinajstić information content (AvgIpc) is 2.90. The van der Waals surface area contributed by atoms with Crippen LogP contribution < -0.4 is 11.1 Å². The number of nitrogens with two attached hydrogens (primary N) is 1. The highest BCUT2D eigenvalue weighted by molar-refractivity contribution is 7.13. The summed E-state index contributed by atoms with van der Waals surface area (Å²) >= 11 is 1.53. The molecule has 17 heavy (non-hydrogen) atoms. The first kappa shape index (κ1) is 11.2. The van der Waals surface area contributed by atoms with E-state index in [2.05, 4.69) is 15.7 Å². The molecule has 2 fully saturated rings. The van der Waals surface area contributed by atoms with Crippen molar-refractivity contribution in [3.63, 3.8) is 0 Å². The molecule has 2 aliphatic carbocycles. The quantitative estimate of drug-likeness (QED) is 0.864. The highest BCUT2D eigenvalue weighted by atomic mass is 32.1. The number of nitrogens with one attached hydrogen (secondary N) is 1. The van der Waals surface area contributed by atoms with E-state index in [1.54, 1.807) is 0 Å². The van der Waals surface area contributed by atoms with Crippen LogP contribution in [0.4, 0.5) is 5.13 Å². The van der Waals surface area contributed by atoms with Crippen molar-refractivity contribution in [2.24, 2.45) is 11.7 Å². The van der Waals surface area contributed by atoms with Gasteiger partial charge in [-0.05, 0) is 32.1 Å². The van der Waals surface area contributed by atoms with E-state index in [1.165, 1.54) is 24.2 Å². The summed E-state index contributed by atoms with van der Waals surface area (Å²) in [6, 6.07) is 0.198. The second-order valence-corrected chi connectivity index (χ2v) is 5.97. The van der Waals surface area contributed by atoms with Crippen LogP contribution in [0.25, 0.3) is 0 Å². The van der Waals surface area contributed by atoms with Gasteiger partial charge in [-0.2, -0.15) is 0 Å². The summed E-state index contributed by atoms with van der Waals surface area (Å²) in [5.74, 6) is 0.824. The number of hydrogen-bond donors (Lipinski definition) is 2. The van der Waals surface area contributed by atoms with Gasteiger partial charge in [-0.15, -0.1) is 11.3 Å². The Morgan fingerprint density at radius 1 is 1.41 bits per heavy atom. The second-order valence-electron chi connectivity index (χ2n) is 5.11. The molecule has 1 aromatic rings. The first-order valence-electron chi connectivity index (χ1n) is 6.24. The average molecular weight is 251 g/mol. The largest absolute Gasteiger partial charge is 0.328 e. The Hall–Kier alpha value is -0.940. The van der Waals surface area contributed by atoms with E-state index in [0.717, 1.165) is 30.1 Å². The molecule has 92 valence electrons. The first-order chi connectivity index (χ1) is 8.22. The zero-order valence-corrected chi connectivity index (χ0v) is 10.5. The maximum Gasteiger partial charge on any atom is 0.229 e. The molecular weight excluding hydrogens is 234 g/mol. The van der Waals surface area contributed by atoms with Gasteiger partial charge >= 0.3 is 0 Å². The minimum absolute atomic E-state index is 0.0817. The Kier molecular flexibility index (Phi) is 2.88. The lowest BCUT2D eigenvalue weighted by Gasteiger charge is -2.08. The molecular formula is C12H17N3OS. The third-order valence-corrected chi connectivity index (χ3v) is 4.37. The molecule has 1 heterocycles. The molecule has 2 atom stereocenters. The van der Waals surface area contributed by atoms with Crippen molar-refractivity contribution < 1.29 is 4.79 Å². The molecule has 5 heteroatoms. The minimum atomic E-state index is 0.0817. The number of hydrogen-bond acceptors (Lipinski definition) is 4. The van der Waals surface area contributed by atoms with E-state index in [-0.39, 0.29) is 17.9 Å². The molecule has 0 radical (unpaired) electrons. The van der Waals surface area contributed by atoms with Crippen LogP contribution >= 0.6 is 11.3 Å². The summed E-state index contributed by atoms with van der Waals surface area (Å²) in [4.78, 5) is 16.4. The fourth-order valence-corrected chi connectivity index (χ4v) is 3.17. The highest BCUT2D eigenvalue weighted by Gasteiger charge is 2.29. The zero-order chi connectivity index (χ0) is 11.8. The number of amides is 1. The number of thiazole rings is 1. The molecule has 4 nitrogen and oxygen atoms in total. The highest BCUT2D eigenvalue weighted by Crippen LogP contribution is 2.41. The lowest BCUT2D eigenvalue weighted by atomic mass is 10.1. The molecule has 3 rings (SSSR count). The van der Waals surface area contributed by atoms with Crippen LogP contribution in [0.3, 0.4) is 0 Å². The number of aromatic nitrogens is 1. The van der Waals surface area contributed by atoms with Crippen molar-refractivity contribution in [1.82, 2.24) is 4.98 Å². The summed E-state index contributed by atoms with van der Waals surface area (Å²) in [7, 11) is 0. The van der Waals surface area contributed by atoms with Gasteiger partial charge in [0, 0.05) is 23.3 Å². The van der Waals surface area contributed by atoms with Crippen molar-refractivity contribution in [3.05, 3.63) is 11.1 Å². The maximum absolute atomic E-state index is 12.0. The summed E-state index contributed by atoms with van der Waals surface area (Å²) in [6.07, 6.45) is 5.17. The van der Waals surface area contributed by atoms with E-state index >= 15 is 0 Å². The molecule has 0 aliphatic heterocycles. The van der Waals surface area contributed by atoms with Crippen LogP contribution in [0, 0.1) is 5.92 Å². The fraction of sp³-hybridized carbons (Fsp3) is 0.667. The minimum Gasteiger partial charge on any atom is -0.328 e. The molecule has 2 aliphatic rings. The van der Waals surface area contributed by atoms with Crippen LogP contribution in [0.2, 0.25) is 0 Å². The van der Waals surface area contributed by atoms with Crippen LogP contribution in [0.1, 0.15) is 43.7 Å². The Morgan fingerprint density at radius 3 is 2.88 bits per heavy atom. The van der Waals surface area contributed by atoms with Gasteiger partial charge in [0.1, 0.15) is 0 Å². The first-order valence-corrected chi connectivity index (χ1v) is 7.12. The number of carbonyl (C=O) groups is 1. The van der Waals surface area contributed by atoms with Crippen LogP contribution in [0.5, 0.6) is 0 Å². The topological polar surface area (TPSA) is 68.0 Å². The predicted octanol–water partition coefficient (Wildman–Crippen LogP) is 2.09. The van der Waals surface area contributed by atoms with Crippen LogP contribution in [-0.4, -0.2) is 16.9 Å². The van der Waals surface area contributed by atoms with Crippen molar-refractivity contribution in [1.29, 1.82) is 0 Å². The zero-order valence-electron chi connectivity index (χ0n) is 9.69. The lowest BCUT2D eigenvalue weighted by molar-refractivity contribution is -0.119. The Morgan fingerprint density at radius 2 is 2.24 bits per heavy atom. The van der Waals surface area contributed by atoms with Gasteiger partial charge < -0.3 is 11.1 Å². The third-order valence-electron chi connectivity index (χ3n) is 3.59. The lowest BCUT2D eigenvalue weighted by Crippen LogP contribution is -2.23. The third kappa shape index (κ3) is 2.50. The van der Waals surface area contributed by atoms with Crippen molar-refractivity contribution in [2.45, 2.75) is 44.1 Å². The molecule has 0 saturated heterocycles. The summed E-state index contributed by atoms with van der Waals surface area (Å²) in [5.41, 5.74) is 6.96. The van der Waals surface area contributed by atoms with Crippen molar-refractivity contribution in [2.75, 3.05) is 5.32 Å². The fourth-order valence-electron chi connectivity index (χ4n) is 2.37. The summed E-state index contributed by atoms with van der Waals surface area (Å²) in [6.45, 7) is 0. The molecule has 2 saturated carbocycles. The standard InChI is InChI=1S/C12H17N3OS/c13-9-4-3-8(5-9)11(16)15-12-14-10(6-17-12)7-1-2-7/h6-9H,1-5,13H2,(H,14,15,16). The van der Waals surface area contributed by atoms with E-state index in [1.807, 2.05) is 0 Å². The van der Waals surface area contributed by atoms with Gasteiger partial charge in [-0.3, -0.25) is 4.79 Å². The van der Waals surface area contributed by atoms with E-state index in [0.29, 0.717) is 5.92 Å². The number of nitrogens with zero attached hydrogens (tertiary/aromatic N) is 1. The smallest absolute Gasteiger partial charge is 0.229 e. The normalized spacial score (nSPS) is 28.3. The summed E-state index contributed by atoms with van der Waals surface area (Å²) in [5, 5.41) is 5.73. The molecule has 0 aromatic carbocycles. The Bertz CT molecular complexity index is 427. The monoisotopic (exact) mass is 251 g/mol. The van der Waals surface area contributed by atoms with Crippen LogP contribution in [-0.2, 0) is 4.79 Å². The van der Waals surface area contributed by atoms with Gasteiger partial charge in [-0.25, -0.2) is 4.98 Å².